The minimum atomic E-state index is -0.514. The Morgan fingerprint density at radius 1 is 1.44 bits per heavy atom. The van der Waals surface area contributed by atoms with Crippen molar-refractivity contribution in [2.45, 2.75) is 58.1 Å². The van der Waals surface area contributed by atoms with E-state index in [0.717, 1.165) is 19.5 Å². The fraction of sp³-hybridized carbons (Fsp3) is 0.857. The van der Waals surface area contributed by atoms with Crippen LogP contribution in [0.1, 0.15) is 46.5 Å². The van der Waals surface area contributed by atoms with Crippen molar-refractivity contribution >= 4 is 0 Å². The zero-order chi connectivity index (χ0) is 11.8. The molecule has 2 atom stereocenters. The molecule has 92 valence electrons. The molecule has 0 radical (unpaired) electrons. The van der Waals surface area contributed by atoms with Crippen LogP contribution in [0.15, 0.2) is 11.6 Å². The van der Waals surface area contributed by atoms with Gasteiger partial charge < -0.3 is 5.11 Å². The van der Waals surface area contributed by atoms with Crippen molar-refractivity contribution in [3.8, 4) is 0 Å². The van der Waals surface area contributed by atoms with Crippen LogP contribution >= 0.6 is 0 Å². The Morgan fingerprint density at radius 3 is 2.88 bits per heavy atom. The zero-order valence-electron chi connectivity index (χ0n) is 10.9. The molecule has 0 aromatic heterocycles. The van der Waals surface area contributed by atoms with Gasteiger partial charge in [-0.3, -0.25) is 4.90 Å². The normalized spacial score (nSPS) is 39.1. The van der Waals surface area contributed by atoms with Gasteiger partial charge in [0.2, 0.25) is 0 Å². The number of fused-ring (bicyclic) bond motifs is 1. The summed E-state index contributed by atoms with van der Waals surface area (Å²) in [4.78, 5) is 2.49. The summed E-state index contributed by atoms with van der Waals surface area (Å²) in [6, 6.07) is 0.394. The molecule has 0 saturated carbocycles. The Labute approximate surface area is 99.3 Å². The minimum Gasteiger partial charge on any atom is -0.388 e. The standard InChI is InChI=1S/C14H25NO/c1-11(2)8-12-9-14(3,16)13-6-4-5-7-15(13)10-12/h8,11,13,16H,4-7,9-10H2,1-3H3. The van der Waals surface area contributed by atoms with E-state index in [-0.39, 0.29) is 0 Å². The quantitative estimate of drug-likeness (QED) is 0.691. The van der Waals surface area contributed by atoms with Gasteiger partial charge in [0.05, 0.1) is 5.60 Å². The van der Waals surface area contributed by atoms with Crippen molar-refractivity contribution in [3.63, 3.8) is 0 Å². The average Bonchev–Trinajstić information content (AvgIpc) is 2.15. The maximum Gasteiger partial charge on any atom is 0.0811 e. The Morgan fingerprint density at radius 2 is 2.19 bits per heavy atom. The smallest absolute Gasteiger partial charge is 0.0811 e. The first-order chi connectivity index (χ1) is 7.49. The molecule has 2 unspecified atom stereocenters. The molecule has 2 rings (SSSR count). The van der Waals surface area contributed by atoms with E-state index < -0.39 is 5.60 Å². The lowest BCUT2D eigenvalue weighted by Crippen LogP contribution is -2.57. The molecule has 0 aromatic carbocycles. The van der Waals surface area contributed by atoms with Gasteiger partial charge in [0.15, 0.2) is 0 Å². The van der Waals surface area contributed by atoms with Crippen molar-refractivity contribution in [2.75, 3.05) is 13.1 Å². The first kappa shape index (κ1) is 12.1. The van der Waals surface area contributed by atoms with Gasteiger partial charge in [-0.25, -0.2) is 0 Å². The number of rotatable bonds is 1. The molecule has 16 heavy (non-hydrogen) atoms. The van der Waals surface area contributed by atoms with E-state index in [1.54, 1.807) is 0 Å². The number of hydrogen-bond donors (Lipinski definition) is 1. The number of nitrogens with zero attached hydrogens (tertiary/aromatic N) is 1. The van der Waals surface area contributed by atoms with Crippen LogP contribution < -0.4 is 0 Å². The summed E-state index contributed by atoms with van der Waals surface area (Å²) >= 11 is 0. The van der Waals surface area contributed by atoms with E-state index in [2.05, 4.69) is 24.8 Å². The molecule has 0 spiro atoms. The predicted molar refractivity (Wildman–Crippen MR) is 67.4 cm³/mol. The van der Waals surface area contributed by atoms with Gasteiger partial charge >= 0.3 is 0 Å². The van der Waals surface area contributed by atoms with Gasteiger partial charge in [-0.1, -0.05) is 31.9 Å². The van der Waals surface area contributed by atoms with Crippen LogP contribution in [0, 0.1) is 5.92 Å². The fourth-order valence-corrected chi connectivity index (χ4v) is 3.36. The summed E-state index contributed by atoms with van der Waals surface area (Å²) in [6.07, 6.45) is 6.94. The van der Waals surface area contributed by atoms with Crippen LogP contribution in [-0.4, -0.2) is 34.7 Å². The van der Waals surface area contributed by atoms with Gasteiger partial charge in [-0.2, -0.15) is 0 Å². The van der Waals surface area contributed by atoms with Crippen molar-refractivity contribution in [3.05, 3.63) is 11.6 Å². The molecular weight excluding hydrogens is 198 g/mol. The molecule has 0 bridgehead atoms. The Bertz CT molecular complexity index is 280. The summed E-state index contributed by atoms with van der Waals surface area (Å²) in [6.45, 7) is 8.69. The molecule has 2 heteroatoms. The highest BCUT2D eigenvalue weighted by Crippen LogP contribution is 2.36. The van der Waals surface area contributed by atoms with E-state index in [0.29, 0.717) is 12.0 Å². The van der Waals surface area contributed by atoms with E-state index in [1.807, 2.05) is 6.92 Å². The summed E-state index contributed by atoms with van der Waals surface area (Å²) in [5.41, 5.74) is 0.914. The highest BCUT2D eigenvalue weighted by atomic mass is 16.3. The second-order valence-corrected chi connectivity index (χ2v) is 6.08. The van der Waals surface area contributed by atoms with Crippen molar-refractivity contribution < 1.29 is 5.11 Å². The highest BCUT2D eigenvalue weighted by molar-refractivity contribution is 5.16. The zero-order valence-corrected chi connectivity index (χ0v) is 10.9. The van der Waals surface area contributed by atoms with Crippen LogP contribution in [0.5, 0.6) is 0 Å². The maximum absolute atomic E-state index is 10.6. The lowest BCUT2D eigenvalue weighted by atomic mass is 9.78. The van der Waals surface area contributed by atoms with E-state index in [1.165, 1.54) is 24.8 Å². The number of hydrogen-bond acceptors (Lipinski definition) is 2. The summed E-state index contributed by atoms with van der Waals surface area (Å²) in [5, 5.41) is 10.6. The lowest BCUT2D eigenvalue weighted by molar-refractivity contribution is -0.0641. The lowest BCUT2D eigenvalue weighted by Gasteiger charge is -2.49. The van der Waals surface area contributed by atoms with Gasteiger partial charge in [0.25, 0.3) is 0 Å². The van der Waals surface area contributed by atoms with Crippen molar-refractivity contribution in [1.29, 1.82) is 0 Å². The third kappa shape index (κ3) is 2.49. The van der Waals surface area contributed by atoms with Crippen molar-refractivity contribution in [2.24, 2.45) is 5.92 Å². The number of piperidine rings is 2. The Balaban J connectivity index is 2.15. The van der Waals surface area contributed by atoms with Crippen LogP contribution in [0.3, 0.4) is 0 Å². The largest absolute Gasteiger partial charge is 0.388 e. The van der Waals surface area contributed by atoms with Crippen LogP contribution in [0.25, 0.3) is 0 Å². The minimum absolute atomic E-state index is 0.394. The molecule has 2 aliphatic rings. The molecule has 2 heterocycles. The highest BCUT2D eigenvalue weighted by Gasteiger charge is 2.41. The fourth-order valence-electron chi connectivity index (χ4n) is 3.36. The summed E-state index contributed by atoms with van der Waals surface area (Å²) in [5.74, 6) is 0.590. The molecule has 2 aliphatic heterocycles. The van der Waals surface area contributed by atoms with Gasteiger partial charge in [0.1, 0.15) is 0 Å². The van der Waals surface area contributed by atoms with E-state index >= 15 is 0 Å². The average molecular weight is 223 g/mol. The predicted octanol–water partition coefficient (Wildman–Crippen LogP) is 2.58. The molecular formula is C14H25NO. The van der Waals surface area contributed by atoms with Crippen LogP contribution in [0.4, 0.5) is 0 Å². The number of aliphatic hydroxyl groups is 1. The SMILES string of the molecule is CC(C)C=C1CN2CCCCC2C(C)(O)C1. The monoisotopic (exact) mass is 223 g/mol. The summed E-state index contributed by atoms with van der Waals surface area (Å²) < 4.78 is 0. The van der Waals surface area contributed by atoms with Crippen molar-refractivity contribution in [1.82, 2.24) is 4.90 Å². The second-order valence-electron chi connectivity index (χ2n) is 6.08. The Hall–Kier alpha value is -0.340. The van der Waals surface area contributed by atoms with Gasteiger partial charge in [-0.05, 0) is 38.6 Å². The molecule has 0 aromatic rings. The summed E-state index contributed by atoms with van der Waals surface area (Å²) in [7, 11) is 0. The molecule has 1 N–H and O–H groups in total. The third-order valence-corrected chi connectivity index (χ3v) is 3.89. The first-order valence-electron chi connectivity index (χ1n) is 6.65. The molecule has 2 fully saturated rings. The first-order valence-corrected chi connectivity index (χ1v) is 6.65. The van der Waals surface area contributed by atoms with Gasteiger partial charge in [-0.15, -0.1) is 0 Å². The van der Waals surface area contributed by atoms with Crippen LogP contribution in [0.2, 0.25) is 0 Å². The topological polar surface area (TPSA) is 23.5 Å². The van der Waals surface area contributed by atoms with Crippen LogP contribution in [-0.2, 0) is 0 Å². The molecule has 2 nitrogen and oxygen atoms in total. The number of allylic oxidation sites excluding steroid dienone is 1. The molecule has 0 aliphatic carbocycles. The van der Waals surface area contributed by atoms with E-state index in [9.17, 15) is 5.11 Å². The van der Waals surface area contributed by atoms with E-state index in [4.69, 9.17) is 0 Å². The maximum atomic E-state index is 10.6. The molecule has 0 amide bonds. The Kier molecular flexibility index (Phi) is 3.41. The third-order valence-electron chi connectivity index (χ3n) is 3.89. The van der Waals surface area contributed by atoms with Gasteiger partial charge in [0, 0.05) is 12.6 Å². The molecule has 2 saturated heterocycles. The second kappa shape index (κ2) is 4.50.